The Balaban J connectivity index is 1.89. The summed E-state index contributed by atoms with van der Waals surface area (Å²) in [6, 6.07) is 21.9. The molecule has 4 nitrogen and oxygen atoms in total. The summed E-state index contributed by atoms with van der Waals surface area (Å²) in [5.74, 6) is 0. The van der Waals surface area contributed by atoms with Crippen LogP contribution >= 0.6 is 0 Å². The van der Waals surface area contributed by atoms with Crippen molar-refractivity contribution in [3.05, 3.63) is 78.5 Å². The Kier molecular flexibility index (Phi) is 3.56. The van der Waals surface area contributed by atoms with Gasteiger partial charge in [0, 0.05) is 5.39 Å². The Hall–Kier alpha value is -3.10. The number of aromatic nitrogens is 1. The van der Waals surface area contributed by atoms with Gasteiger partial charge in [-0.25, -0.2) is 13.4 Å². The molecule has 1 heterocycles. The number of fused-ring (bicyclic) bond motifs is 3. The van der Waals surface area contributed by atoms with Crippen molar-refractivity contribution < 1.29 is 8.42 Å². The summed E-state index contributed by atoms with van der Waals surface area (Å²) in [5, 5.41) is 2.45. The molecule has 0 aliphatic rings. The molecule has 5 heteroatoms. The number of nitrogens with one attached hydrogen (secondary N) is 1. The van der Waals surface area contributed by atoms with Gasteiger partial charge in [-0.05, 0) is 42.6 Å². The highest BCUT2D eigenvalue weighted by Gasteiger charge is 2.16. The Morgan fingerprint density at radius 1 is 1.00 bits per heavy atom. The first kappa shape index (κ1) is 15.4. The molecule has 3 aromatic carbocycles. The third-order valence-electron chi connectivity index (χ3n) is 4.06. The summed E-state index contributed by atoms with van der Waals surface area (Å²) in [6.07, 6.45) is 1.53. The van der Waals surface area contributed by atoms with E-state index >= 15 is 0 Å². The van der Waals surface area contributed by atoms with Crippen LogP contribution in [0.2, 0.25) is 0 Å². The summed E-state index contributed by atoms with van der Waals surface area (Å²) in [4.78, 5) is 4.59. The lowest BCUT2D eigenvalue weighted by molar-refractivity contribution is 0.601. The molecule has 0 radical (unpaired) electrons. The molecule has 0 spiro atoms. The van der Waals surface area contributed by atoms with E-state index in [9.17, 15) is 8.42 Å². The SMILES string of the molecule is Cc1ccc(S(=O)(=O)Nc2cccc3ccc4c#ccnc4c23)cc1. The first-order valence-corrected chi connectivity index (χ1v) is 9.22. The minimum atomic E-state index is -3.69. The van der Waals surface area contributed by atoms with Crippen LogP contribution in [0, 0.1) is 19.1 Å². The van der Waals surface area contributed by atoms with Crippen LogP contribution in [0.4, 0.5) is 5.69 Å². The first-order valence-electron chi connectivity index (χ1n) is 7.74. The van der Waals surface area contributed by atoms with Gasteiger partial charge >= 0.3 is 0 Å². The van der Waals surface area contributed by atoms with E-state index in [2.05, 4.69) is 21.8 Å². The van der Waals surface area contributed by atoms with Crippen molar-refractivity contribution in [2.75, 3.05) is 4.72 Å². The molecule has 0 atom stereocenters. The molecule has 122 valence electrons. The predicted octanol–water partition coefficient (Wildman–Crippen LogP) is 4.10. The van der Waals surface area contributed by atoms with E-state index in [1.807, 2.05) is 31.2 Å². The lowest BCUT2D eigenvalue weighted by Crippen LogP contribution is -2.13. The molecular weight excluding hydrogens is 332 g/mol. The van der Waals surface area contributed by atoms with Gasteiger partial charge in [-0.1, -0.05) is 42.0 Å². The molecule has 0 unspecified atom stereocenters. The molecular formula is C20H14N2O2S. The van der Waals surface area contributed by atoms with Crippen LogP contribution in [0.15, 0.2) is 65.7 Å². The van der Waals surface area contributed by atoms with Crippen LogP contribution in [0.1, 0.15) is 5.56 Å². The topological polar surface area (TPSA) is 59.1 Å². The highest BCUT2D eigenvalue weighted by molar-refractivity contribution is 7.92. The van der Waals surface area contributed by atoms with Gasteiger partial charge in [-0.15, -0.1) is 0 Å². The molecule has 0 bridgehead atoms. The second-order valence-electron chi connectivity index (χ2n) is 5.81. The number of rotatable bonds is 3. The average molecular weight is 346 g/mol. The number of aryl methyl sites for hydroxylation is 1. The minimum Gasteiger partial charge on any atom is -0.279 e. The average Bonchev–Trinajstić information content (AvgIpc) is 2.61. The third-order valence-corrected chi connectivity index (χ3v) is 5.44. The van der Waals surface area contributed by atoms with Crippen LogP contribution in [-0.2, 0) is 10.0 Å². The fourth-order valence-electron chi connectivity index (χ4n) is 2.81. The molecule has 25 heavy (non-hydrogen) atoms. The Morgan fingerprint density at radius 2 is 1.80 bits per heavy atom. The Morgan fingerprint density at radius 3 is 2.60 bits per heavy atom. The lowest BCUT2D eigenvalue weighted by Gasteiger charge is -2.12. The molecule has 0 aliphatic heterocycles. The fourth-order valence-corrected chi connectivity index (χ4v) is 3.88. The van der Waals surface area contributed by atoms with Gasteiger partial charge in [0.25, 0.3) is 10.0 Å². The smallest absolute Gasteiger partial charge is 0.261 e. The zero-order valence-corrected chi connectivity index (χ0v) is 14.3. The monoisotopic (exact) mass is 346 g/mol. The maximum absolute atomic E-state index is 12.7. The van der Waals surface area contributed by atoms with Gasteiger partial charge in [0.1, 0.15) is 0 Å². The zero-order valence-electron chi connectivity index (χ0n) is 13.4. The van der Waals surface area contributed by atoms with Crippen molar-refractivity contribution in [2.45, 2.75) is 11.8 Å². The van der Waals surface area contributed by atoms with Crippen LogP contribution < -0.4 is 4.72 Å². The standard InChI is InChI=1S/C20H14N2O2S/c1-14-7-11-17(12-8-14)25(23,24)22-18-6-2-4-15-9-10-16-5-3-13-21-20(16)19(15)18/h2,4,6-13,22H,1H3. The molecule has 0 saturated heterocycles. The predicted molar refractivity (Wildman–Crippen MR) is 98.9 cm³/mol. The minimum absolute atomic E-state index is 0.225. The second-order valence-corrected chi connectivity index (χ2v) is 7.49. The van der Waals surface area contributed by atoms with Gasteiger partial charge < -0.3 is 0 Å². The van der Waals surface area contributed by atoms with E-state index in [-0.39, 0.29) is 4.90 Å². The van der Waals surface area contributed by atoms with E-state index in [1.54, 1.807) is 30.3 Å². The lowest BCUT2D eigenvalue weighted by atomic mass is 10.1. The molecule has 1 N–H and O–H groups in total. The maximum atomic E-state index is 12.7. The number of benzene rings is 3. The number of hydrogen-bond donors (Lipinski definition) is 1. The number of anilines is 1. The largest absolute Gasteiger partial charge is 0.279 e. The van der Waals surface area contributed by atoms with Crippen molar-refractivity contribution >= 4 is 37.4 Å². The van der Waals surface area contributed by atoms with Crippen molar-refractivity contribution in [3.8, 4) is 0 Å². The summed E-state index contributed by atoms with van der Waals surface area (Å²) >= 11 is 0. The number of nitrogens with zero attached hydrogens (tertiary/aromatic N) is 1. The van der Waals surface area contributed by atoms with Gasteiger partial charge in [0.2, 0.25) is 0 Å². The van der Waals surface area contributed by atoms with E-state index in [1.165, 1.54) is 6.20 Å². The van der Waals surface area contributed by atoms with E-state index in [0.29, 0.717) is 11.2 Å². The summed E-state index contributed by atoms with van der Waals surface area (Å²) in [5.41, 5.74) is 2.19. The molecule has 0 fully saturated rings. The number of hydrogen-bond acceptors (Lipinski definition) is 3. The van der Waals surface area contributed by atoms with Crippen LogP contribution in [0.3, 0.4) is 0 Å². The fraction of sp³-hybridized carbons (Fsp3) is 0.0500. The number of sulfonamides is 1. The Bertz CT molecular complexity index is 1180. The highest BCUT2D eigenvalue weighted by atomic mass is 32.2. The highest BCUT2D eigenvalue weighted by Crippen LogP contribution is 2.30. The first-order chi connectivity index (χ1) is 12.0. The van der Waals surface area contributed by atoms with Crippen LogP contribution in [-0.4, -0.2) is 13.4 Å². The van der Waals surface area contributed by atoms with Gasteiger partial charge in [-0.3, -0.25) is 4.72 Å². The molecule has 0 amide bonds. The van der Waals surface area contributed by atoms with Gasteiger partial charge in [0.15, 0.2) is 0 Å². The van der Waals surface area contributed by atoms with Crippen molar-refractivity contribution in [1.82, 2.24) is 4.98 Å². The van der Waals surface area contributed by atoms with E-state index in [4.69, 9.17) is 0 Å². The zero-order chi connectivity index (χ0) is 17.4. The maximum Gasteiger partial charge on any atom is 0.261 e. The molecule has 0 saturated carbocycles. The Labute approximate surface area is 146 Å². The van der Waals surface area contributed by atoms with Crippen LogP contribution in [0.5, 0.6) is 0 Å². The molecule has 4 rings (SSSR count). The normalized spacial score (nSPS) is 11.4. The van der Waals surface area contributed by atoms with Crippen molar-refractivity contribution in [3.63, 3.8) is 0 Å². The second kappa shape index (κ2) is 5.76. The van der Waals surface area contributed by atoms with Gasteiger partial charge in [-0.2, -0.15) is 0 Å². The summed E-state index contributed by atoms with van der Waals surface area (Å²) in [6.45, 7) is 1.92. The van der Waals surface area contributed by atoms with E-state index in [0.717, 1.165) is 21.7 Å². The quantitative estimate of drug-likeness (QED) is 0.608. The summed E-state index contributed by atoms with van der Waals surface area (Å²) < 4.78 is 28.2. The molecule has 4 aromatic rings. The van der Waals surface area contributed by atoms with Crippen molar-refractivity contribution in [1.29, 1.82) is 0 Å². The van der Waals surface area contributed by atoms with Crippen molar-refractivity contribution in [2.24, 2.45) is 0 Å². The van der Waals surface area contributed by atoms with Gasteiger partial charge in [0.05, 0.1) is 27.7 Å². The third kappa shape index (κ3) is 2.77. The summed E-state index contributed by atoms with van der Waals surface area (Å²) in [7, 11) is -3.69. The molecule has 0 aliphatic carbocycles. The van der Waals surface area contributed by atoms with E-state index < -0.39 is 10.0 Å². The molecule has 1 aromatic heterocycles. The van der Waals surface area contributed by atoms with Crippen LogP contribution in [0.25, 0.3) is 21.7 Å².